The fourth-order valence-corrected chi connectivity index (χ4v) is 6.09. The topological polar surface area (TPSA) is 210 Å². The maximum Gasteiger partial charge on any atom is 0.305 e. The number of fused-ring (bicyclic) bond motifs is 8. The molecular formula is C30H24O12. The second-order valence-corrected chi connectivity index (χ2v) is 10.5. The molecule has 12 heteroatoms. The van der Waals surface area contributed by atoms with Gasteiger partial charge in [-0.3, -0.25) is 0 Å². The van der Waals surface area contributed by atoms with Gasteiger partial charge in [0.05, 0.1) is 12.0 Å². The highest BCUT2D eigenvalue weighted by atomic mass is 16.7. The van der Waals surface area contributed by atoms with Crippen LogP contribution in [0.4, 0.5) is 0 Å². The monoisotopic (exact) mass is 576 g/mol. The Labute approximate surface area is 236 Å². The number of aliphatic hydroxyl groups excluding tert-OH is 2. The summed E-state index contributed by atoms with van der Waals surface area (Å²) in [5, 5.41) is 95.1. The van der Waals surface area contributed by atoms with Crippen molar-refractivity contribution in [3.05, 3.63) is 82.4 Å². The number of benzene rings is 4. The van der Waals surface area contributed by atoms with Crippen LogP contribution >= 0.6 is 0 Å². The molecular weight excluding hydrogens is 552 g/mol. The minimum Gasteiger partial charge on any atom is -0.508 e. The molecule has 2 bridgehead atoms. The fourth-order valence-electron chi connectivity index (χ4n) is 6.09. The summed E-state index contributed by atoms with van der Waals surface area (Å²) < 4.78 is 18.6. The Balaban J connectivity index is 1.47. The van der Waals surface area contributed by atoms with Crippen LogP contribution in [-0.2, 0) is 12.2 Å². The lowest BCUT2D eigenvalue weighted by Crippen LogP contribution is -2.57. The van der Waals surface area contributed by atoms with Gasteiger partial charge in [0.2, 0.25) is 0 Å². The highest BCUT2D eigenvalue weighted by molar-refractivity contribution is 5.68. The average Bonchev–Trinajstić information content (AvgIpc) is 2.92. The molecule has 0 radical (unpaired) electrons. The summed E-state index contributed by atoms with van der Waals surface area (Å²) in [6.07, 6.45) is -4.00. The number of hydrogen-bond acceptors (Lipinski definition) is 12. The van der Waals surface area contributed by atoms with Crippen molar-refractivity contribution in [1.29, 1.82) is 0 Å². The predicted octanol–water partition coefficient (Wildman–Crippen LogP) is 2.79. The highest BCUT2D eigenvalue weighted by Gasteiger charge is 2.60. The van der Waals surface area contributed by atoms with E-state index in [-0.39, 0.29) is 63.2 Å². The third kappa shape index (κ3) is 3.49. The van der Waals surface area contributed by atoms with Crippen molar-refractivity contribution in [3.8, 4) is 57.5 Å². The number of rotatable bonds is 2. The van der Waals surface area contributed by atoms with Gasteiger partial charge in [-0.1, -0.05) is 6.07 Å². The lowest BCUT2D eigenvalue weighted by atomic mass is 9.74. The van der Waals surface area contributed by atoms with Crippen LogP contribution in [-0.4, -0.2) is 58.2 Å². The van der Waals surface area contributed by atoms with E-state index in [0.29, 0.717) is 5.56 Å². The van der Waals surface area contributed by atoms with Crippen molar-refractivity contribution in [2.24, 2.45) is 0 Å². The zero-order valence-corrected chi connectivity index (χ0v) is 21.5. The van der Waals surface area contributed by atoms with Crippen LogP contribution in [0, 0.1) is 0 Å². The molecule has 4 aromatic rings. The minimum atomic E-state index is -2.09. The van der Waals surface area contributed by atoms with Gasteiger partial charge in [-0.2, -0.15) is 0 Å². The Morgan fingerprint density at radius 1 is 0.643 bits per heavy atom. The summed E-state index contributed by atoms with van der Waals surface area (Å²) in [7, 11) is 0. The molecule has 0 aromatic heterocycles. The van der Waals surface area contributed by atoms with Crippen LogP contribution < -0.4 is 14.2 Å². The van der Waals surface area contributed by atoms with E-state index in [1.165, 1.54) is 42.5 Å². The molecule has 0 amide bonds. The van der Waals surface area contributed by atoms with Crippen LogP contribution in [0.3, 0.4) is 0 Å². The summed E-state index contributed by atoms with van der Waals surface area (Å²) in [4.78, 5) is 0. The molecule has 0 fully saturated rings. The van der Waals surface area contributed by atoms with Crippen LogP contribution in [0.15, 0.2) is 54.6 Å². The van der Waals surface area contributed by atoms with Crippen molar-refractivity contribution >= 4 is 0 Å². The molecule has 4 aromatic carbocycles. The van der Waals surface area contributed by atoms with Crippen molar-refractivity contribution in [1.82, 2.24) is 0 Å². The first kappa shape index (κ1) is 25.7. The first-order valence-electron chi connectivity index (χ1n) is 12.9. The van der Waals surface area contributed by atoms with Crippen LogP contribution in [0.5, 0.6) is 57.5 Å². The van der Waals surface area contributed by atoms with E-state index in [9.17, 15) is 46.0 Å². The molecule has 12 nitrogen and oxygen atoms in total. The zero-order valence-electron chi connectivity index (χ0n) is 21.5. The van der Waals surface area contributed by atoms with E-state index < -0.39 is 53.0 Å². The Hall–Kier alpha value is -5.20. The van der Waals surface area contributed by atoms with E-state index in [4.69, 9.17) is 14.2 Å². The van der Waals surface area contributed by atoms with Crippen molar-refractivity contribution in [2.45, 2.75) is 36.4 Å². The standard InChI is InChI=1S/C30H24O12/c31-13-7-20(37)24-22(8-13)41-30(12-2-4-16(33)19(36)6-12)29(39)26(24)25-23(42-30)10-17(34)14-9-21(38)27(40-28(14)25)11-1-3-15(32)18(35)5-11/h1-8,10,21,26-27,29,31-39H,9H2/t21?,26-,27-,29-,30+/m1/s1. The van der Waals surface area contributed by atoms with Gasteiger partial charge in [0, 0.05) is 46.9 Å². The molecule has 42 heavy (non-hydrogen) atoms. The lowest BCUT2D eigenvalue weighted by molar-refractivity contribution is -0.219. The van der Waals surface area contributed by atoms with Gasteiger partial charge in [0.15, 0.2) is 23.0 Å². The minimum absolute atomic E-state index is 0.0177. The van der Waals surface area contributed by atoms with Gasteiger partial charge in [0.1, 0.15) is 46.7 Å². The summed E-state index contributed by atoms with van der Waals surface area (Å²) in [6, 6.07) is 11.1. The molecule has 3 heterocycles. The second-order valence-electron chi connectivity index (χ2n) is 10.5. The smallest absolute Gasteiger partial charge is 0.305 e. The van der Waals surface area contributed by atoms with Gasteiger partial charge in [-0.15, -0.1) is 0 Å². The highest BCUT2D eigenvalue weighted by Crippen LogP contribution is 2.62. The number of hydrogen-bond donors (Lipinski definition) is 9. The Kier molecular flexibility index (Phi) is 5.30. The molecule has 3 aliphatic rings. The number of phenols is 7. The quantitative estimate of drug-likeness (QED) is 0.158. The third-order valence-electron chi connectivity index (χ3n) is 8.03. The number of aromatic hydroxyl groups is 7. The van der Waals surface area contributed by atoms with E-state index in [1.54, 1.807) is 0 Å². The van der Waals surface area contributed by atoms with E-state index in [2.05, 4.69) is 0 Å². The number of ether oxygens (including phenoxy) is 3. The van der Waals surface area contributed by atoms with E-state index in [1.807, 2.05) is 0 Å². The first-order chi connectivity index (χ1) is 20.0. The lowest BCUT2D eigenvalue weighted by Gasteiger charge is -2.50. The Morgan fingerprint density at radius 2 is 1.31 bits per heavy atom. The molecule has 7 rings (SSSR count). The SMILES string of the molecule is Oc1cc(O)c2c(c1)O[C@@]1(c3ccc(O)c(O)c3)Oc3cc(O)c4c(c3[C@@H]2[C@H]1O)O[C@H](c1ccc(O)c(O)c1)C(O)C4. The van der Waals surface area contributed by atoms with E-state index >= 15 is 0 Å². The normalized spacial score (nSPS) is 25.2. The zero-order chi connectivity index (χ0) is 29.7. The van der Waals surface area contributed by atoms with Gasteiger partial charge >= 0.3 is 5.79 Å². The summed E-state index contributed by atoms with van der Waals surface area (Å²) in [6.45, 7) is 0. The summed E-state index contributed by atoms with van der Waals surface area (Å²) >= 11 is 0. The molecule has 3 aliphatic heterocycles. The van der Waals surface area contributed by atoms with Crippen molar-refractivity contribution < 1.29 is 60.2 Å². The summed E-state index contributed by atoms with van der Waals surface area (Å²) in [5.41, 5.74) is 0.842. The molecule has 5 atom stereocenters. The Morgan fingerprint density at radius 3 is 2.00 bits per heavy atom. The molecule has 1 unspecified atom stereocenters. The summed E-state index contributed by atoms with van der Waals surface area (Å²) in [5.74, 6) is -6.11. The van der Waals surface area contributed by atoms with Crippen molar-refractivity contribution in [2.75, 3.05) is 0 Å². The van der Waals surface area contributed by atoms with Crippen molar-refractivity contribution in [3.63, 3.8) is 0 Å². The maximum atomic E-state index is 11.9. The van der Waals surface area contributed by atoms with Gasteiger partial charge in [-0.05, 0) is 35.9 Å². The largest absolute Gasteiger partial charge is 0.508 e. The molecule has 216 valence electrons. The predicted molar refractivity (Wildman–Crippen MR) is 141 cm³/mol. The molecule has 9 N–H and O–H groups in total. The van der Waals surface area contributed by atoms with Gasteiger partial charge in [-0.25, -0.2) is 0 Å². The first-order valence-corrected chi connectivity index (χ1v) is 12.9. The van der Waals surface area contributed by atoms with E-state index in [0.717, 1.165) is 12.1 Å². The Bertz CT molecular complexity index is 1790. The fraction of sp³-hybridized carbons (Fsp3) is 0.200. The molecule has 0 saturated heterocycles. The van der Waals surface area contributed by atoms with Gasteiger partial charge in [0.25, 0.3) is 0 Å². The third-order valence-corrected chi connectivity index (χ3v) is 8.03. The maximum absolute atomic E-state index is 11.9. The number of phenolic OH excluding ortho intramolecular Hbond substituents is 7. The molecule has 0 spiro atoms. The second kappa shape index (κ2) is 8.65. The molecule has 0 aliphatic carbocycles. The number of aliphatic hydroxyl groups is 2. The van der Waals surface area contributed by atoms with Crippen LogP contribution in [0.2, 0.25) is 0 Å². The average molecular weight is 577 g/mol. The molecule has 0 saturated carbocycles. The van der Waals surface area contributed by atoms with Gasteiger partial charge < -0.3 is 60.2 Å². The van der Waals surface area contributed by atoms with Crippen LogP contribution in [0.1, 0.15) is 39.8 Å². The van der Waals surface area contributed by atoms with Crippen LogP contribution in [0.25, 0.3) is 0 Å².